The molecule has 0 aliphatic rings. The molecule has 2 aromatic rings. The summed E-state index contributed by atoms with van der Waals surface area (Å²) < 4.78 is 1.16. The molecular formula is C12H12BrNS. The van der Waals surface area contributed by atoms with E-state index in [1.54, 1.807) is 11.3 Å². The number of benzene rings is 1. The number of halogens is 1. The molecule has 0 unspecified atom stereocenters. The SMILES string of the molecule is Cc1cc(NCc2ccsc2)ccc1Br. The van der Waals surface area contributed by atoms with Crippen molar-refractivity contribution in [3.8, 4) is 0 Å². The van der Waals surface area contributed by atoms with Crippen molar-refractivity contribution in [1.29, 1.82) is 0 Å². The van der Waals surface area contributed by atoms with Crippen LogP contribution in [0.15, 0.2) is 39.5 Å². The summed E-state index contributed by atoms with van der Waals surface area (Å²) in [5.41, 5.74) is 3.76. The first-order valence-corrected chi connectivity index (χ1v) is 6.50. The average Bonchev–Trinajstić information content (AvgIpc) is 2.73. The molecule has 1 aromatic heterocycles. The minimum absolute atomic E-state index is 0.893. The third-order valence-electron chi connectivity index (χ3n) is 2.23. The monoisotopic (exact) mass is 281 g/mol. The summed E-state index contributed by atoms with van der Waals surface area (Å²) >= 11 is 5.23. The number of nitrogens with one attached hydrogen (secondary N) is 1. The number of thiophene rings is 1. The van der Waals surface area contributed by atoms with E-state index in [2.05, 4.69) is 63.2 Å². The van der Waals surface area contributed by atoms with Crippen LogP contribution in [-0.2, 0) is 6.54 Å². The lowest BCUT2D eigenvalue weighted by Crippen LogP contribution is -1.98. The third kappa shape index (κ3) is 2.83. The highest BCUT2D eigenvalue weighted by molar-refractivity contribution is 9.10. The molecule has 1 nitrogen and oxygen atoms in total. The molecule has 0 fully saturated rings. The van der Waals surface area contributed by atoms with Crippen LogP contribution in [-0.4, -0.2) is 0 Å². The Balaban J connectivity index is 2.02. The molecule has 78 valence electrons. The van der Waals surface area contributed by atoms with Crippen LogP contribution in [0, 0.1) is 6.92 Å². The fourth-order valence-electron chi connectivity index (χ4n) is 1.35. The third-order valence-corrected chi connectivity index (χ3v) is 3.86. The predicted molar refractivity (Wildman–Crippen MR) is 70.5 cm³/mol. The van der Waals surface area contributed by atoms with Gasteiger partial charge in [0, 0.05) is 16.7 Å². The minimum atomic E-state index is 0.893. The summed E-state index contributed by atoms with van der Waals surface area (Å²) in [6.45, 7) is 2.99. The van der Waals surface area contributed by atoms with Crippen molar-refractivity contribution in [2.45, 2.75) is 13.5 Å². The Hall–Kier alpha value is -0.800. The Labute approximate surface area is 102 Å². The van der Waals surface area contributed by atoms with Crippen molar-refractivity contribution in [1.82, 2.24) is 0 Å². The maximum atomic E-state index is 3.49. The maximum absolute atomic E-state index is 3.49. The van der Waals surface area contributed by atoms with E-state index in [-0.39, 0.29) is 0 Å². The van der Waals surface area contributed by atoms with Crippen LogP contribution in [0.1, 0.15) is 11.1 Å². The van der Waals surface area contributed by atoms with Gasteiger partial charge in [-0.05, 0) is 53.1 Å². The van der Waals surface area contributed by atoms with Gasteiger partial charge in [-0.2, -0.15) is 11.3 Å². The lowest BCUT2D eigenvalue weighted by atomic mass is 10.2. The van der Waals surface area contributed by atoms with Crippen LogP contribution in [0.3, 0.4) is 0 Å². The molecule has 1 N–H and O–H groups in total. The molecule has 0 saturated heterocycles. The first kappa shape index (κ1) is 10.7. The first-order valence-electron chi connectivity index (χ1n) is 4.77. The van der Waals surface area contributed by atoms with Crippen LogP contribution < -0.4 is 5.32 Å². The topological polar surface area (TPSA) is 12.0 Å². The van der Waals surface area contributed by atoms with Crippen LogP contribution in [0.2, 0.25) is 0 Å². The molecule has 1 aromatic carbocycles. The summed E-state index contributed by atoms with van der Waals surface area (Å²) in [6, 6.07) is 8.45. The number of anilines is 1. The molecule has 0 spiro atoms. The van der Waals surface area contributed by atoms with E-state index in [0.29, 0.717) is 0 Å². The lowest BCUT2D eigenvalue weighted by molar-refractivity contribution is 1.16. The van der Waals surface area contributed by atoms with Gasteiger partial charge in [0.1, 0.15) is 0 Å². The zero-order valence-electron chi connectivity index (χ0n) is 8.46. The average molecular weight is 282 g/mol. The van der Waals surface area contributed by atoms with Crippen LogP contribution in [0.4, 0.5) is 5.69 Å². The van der Waals surface area contributed by atoms with Crippen molar-refractivity contribution >= 4 is 33.0 Å². The number of hydrogen-bond donors (Lipinski definition) is 1. The van der Waals surface area contributed by atoms with Crippen LogP contribution in [0.5, 0.6) is 0 Å². The standard InChI is InChI=1S/C12H12BrNS/c1-9-6-11(2-3-12(9)13)14-7-10-4-5-15-8-10/h2-6,8,14H,7H2,1H3. The smallest absolute Gasteiger partial charge is 0.0409 e. The van der Waals surface area contributed by atoms with Gasteiger partial charge in [0.15, 0.2) is 0 Å². The van der Waals surface area contributed by atoms with Gasteiger partial charge in [0.25, 0.3) is 0 Å². The van der Waals surface area contributed by atoms with Crippen molar-refractivity contribution < 1.29 is 0 Å². The van der Waals surface area contributed by atoms with Crippen LogP contribution >= 0.6 is 27.3 Å². The minimum Gasteiger partial charge on any atom is -0.381 e. The van der Waals surface area contributed by atoms with Gasteiger partial charge in [-0.15, -0.1) is 0 Å². The molecule has 2 rings (SSSR count). The quantitative estimate of drug-likeness (QED) is 0.878. The zero-order chi connectivity index (χ0) is 10.7. The second-order valence-electron chi connectivity index (χ2n) is 3.45. The molecule has 15 heavy (non-hydrogen) atoms. The number of aryl methyl sites for hydroxylation is 1. The summed E-state index contributed by atoms with van der Waals surface area (Å²) in [5.74, 6) is 0. The summed E-state index contributed by atoms with van der Waals surface area (Å²) in [7, 11) is 0. The van der Waals surface area contributed by atoms with E-state index in [9.17, 15) is 0 Å². The van der Waals surface area contributed by atoms with E-state index in [0.717, 1.165) is 11.0 Å². The predicted octanol–water partition coefficient (Wildman–Crippen LogP) is 4.43. The normalized spacial score (nSPS) is 10.3. The maximum Gasteiger partial charge on any atom is 0.0409 e. The molecule has 0 bridgehead atoms. The zero-order valence-corrected chi connectivity index (χ0v) is 10.9. The second-order valence-corrected chi connectivity index (χ2v) is 5.08. The summed E-state index contributed by atoms with van der Waals surface area (Å²) in [6.07, 6.45) is 0. The van der Waals surface area contributed by atoms with E-state index in [1.807, 2.05) is 0 Å². The van der Waals surface area contributed by atoms with E-state index >= 15 is 0 Å². The van der Waals surface area contributed by atoms with Crippen LogP contribution in [0.25, 0.3) is 0 Å². The Morgan fingerprint density at radius 2 is 2.20 bits per heavy atom. The largest absolute Gasteiger partial charge is 0.381 e. The number of rotatable bonds is 3. The number of hydrogen-bond acceptors (Lipinski definition) is 2. The summed E-state index contributed by atoms with van der Waals surface area (Å²) in [4.78, 5) is 0. The summed E-state index contributed by atoms with van der Waals surface area (Å²) in [5, 5.41) is 7.67. The van der Waals surface area contributed by atoms with E-state index in [4.69, 9.17) is 0 Å². The Morgan fingerprint density at radius 3 is 2.87 bits per heavy atom. The van der Waals surface area contributed by atoms with Gasteiger partial charge in [-0.1, -0.05) is 15.9 Å². The van der Waals surface area contributed by atoms with Crippen molar-refractivity contribution in [3.63, 3.8) is 0 Å². The van der Waals surface area contributed by atoms with Gasteiger partial charge >= 0.3 is 0 Å². The molecule has 0 radical (unpaired) electrons. The van der Waals surface area contributed by atoms with E-state index < -0.39 is 0 Å². The molecule has 3 heteroatoms. The van der Waals surface area contributed by atoms with Crippen molar-refractivity contribution in [2.24, 2.45) is 0 Å². The van der Waals surface area contributed by atoms with Gasteiger partial charge in [0.2, 0.25) is 0 Å². The molecule has 0 aliphatic carbocycles. The van der Waals surface area contributed by atoms with Gasteiger partial charge in [-0.3, -0.25) is 0 Å². The van der Waals surface area contributed by atoms with Crippen molar-refractivity contribution in [3.05, 3.63) is 50.6 Å². The van der Waals surface area contributed by atoms with E-state index in [1.165, 1.54) is 16.8 Å². The highest BCUT2D eigenvalue weighted by Gasteiger charge is 1.97. The lowest BCUT2D eigenvalue weighted by Gasteiger charge is -2.06. The highest BCUT2D eigenvalue weighted by atomic mass is 79.9. The molecular weight excluding hydrogens is 270 g/mol. The second kappa shape index (κ2) is 4.81. The molecule has 0 atom stereocenters. The first-order chi connectivity index (χ1) is 7.25. The van der Waals surface area contributed by atoms with Gasteiger partial charge in [0.05, 0.1) is 0 Å². The van der Waals surface area contributed by atoms with Gasteiger partial charge < -0.3 is 5.32 Å². The molecule has 0 amide bonds. The Kier molecular flexibility index (Phi) is 3.44. The Bertz CT molecular complexity index is 437. The Morgan fingerprint density at radius 1 is 1.33 bits per heavy atom. The highest BCUT2D eigenvalue weighted by Crippen LogP contribution is 2.20. The fraction of sp³-hybridized carbons (Fsp3) is 0.167. The molecule has 0 saturated carbocycles. The molecule has 0 aliphatic heterocycles. The van der Waals surface area contributed by atoms with Crippen molar-refractivity contribution in [2.75, 3.05) is 5.32 Å². The molecule has 1 heterocycles. The van der Waals surface area contributed by atoms with Gasteiger partial charge in [-0.25, -0.2) is 0 Å². The fourth-order valence-corrected chi connectivity index (χ4v) is 2.27.